The number of amides is 6. The fourth-order valence-corrected chi connectivity index (χ4v) is 8.22. The molecule has 1 aliphatic rings. The lowest BCUT2D eigenvalue weighted by atomic mass is 9.98. The summed E-state index contributed by atoms with van der Waals surface area (Å²) in [4.78, 5) is 100. The Kier molecular flexibility index (Phi) is 19.6. The number of aromatic nitrogens is 1. The number of carbonyl (C=O) groups excluding carboxylic acids is 6. The number of aliphatic hydroxyl groups excluding tert-OH is 1. The maximum Gasteiger partial charge on any atom is 0.326 e. The molecule has 64 heavy (non-hydrogen) atoms. The van der Waals surface area contributed by atoms with Crippen molar-refractivity contribution < 1.29 is 43.8 Å². The predicted molar refractivity (Wildman–Crippen MR) is 246 cm³/mol. The Bertz CT molecular complexity index is 2060. The zero-order valence-electron chi connectivity index (χ0n) is 37.6. The first-order valence-electron chi connectivity index (χ1n) is 22.0. The van der Waals surface area contributed by atoms with Gasteiger partial charge in [-0.2, -0.15) is 11.8 Å². The van der Waals surface area contributed by atoms with Crippen molar-refractivity contribution in [2.45, 2.75) is 128 Å². The second kappa shape index (κ2) is 24.6. The van der Waals surface area contributed by atoms with Crippen molar-refractivity contribution in [3.8, 4) is 0 Å². The Hall–Kier alpha value is -5.46. The lowest BCUT2D eigenvalue weighted by Gasteiger charge is -2.31. The topological polar surface area (TPSA) is 265 Å². The summed E-state index contributed by atoms with van der Waals surface area (Å²) in [6.07, 6.45) is 3.88. The molecule has 2 aromatic carbocycles. The van der Waals surface area contributed by atoms with Gasteiger partial charge in [-0.05, 0) is 80.1 Å². The number of aromatic amines is 1. The highest BCUT2D eigenvalue weighted by Gasteiger charge is 2.40. The highest BCUT2D eigenvalue weighted by atomic mass is 32.2. The third-order valence-corrected chi connectivity index (χ3v) is 11.8. The van der Waals surface area contributed by atoms with Gasteiger partial charge in [0, 0.05) is 36.5 Å². The fourth-order valence-electron chi connectivity index (χ4n) is 7.75. The molecular formula is C46H66N8O9S. The van der Waals surface area contributed by atoms with E-state index >= 15 is 0 Å². The summed E-state index contributed by atoms with van der Waals surface area (Å²) >= 11 is 1.48. The number of hydrogen-bond donors (Lipinski definition) is 9. The van der Waals surface area contributed by atoms with Crippen LogP contribution in [-0.4, -0.2) is 128 Å². The number of para-hydroxylation sites is 1. The van der Waals surface area contributed by atoms with E-state index in [0.717, 1.165) is 10.9 Å². The van der Waals surface area contributed by atoms with E-state index in [1.54, 1.807) is 30.5 Å². The first-order valence-corrected chi connectivity index (χ1v) is 23.4. The van der Waals surface area contributed by atoms with Crippen LogP contribution in [0.15, 0.2) is 60.8 Å². The van der Waals surface area contributed by atoms with E-state index in [2.05, 4.69) is 31.6 Å². The number of rotatable bonds is 24. The molecule has 4 rings (SSSR count). The zero-order chi connectivity index (χ0) is 47.1. The number of benzene rings is 2. The van der Waals surface area contributed by atoms with Gasteiger partial charge in [0.1, 0.15) is 42.3 Å². The van der Waals surface area contributed by atoms with Gasteiger partial charge in [0.15, 0.2) is 0 Å². The first kappa shape index (κ1) is 51.2. The van der Waals surface area contributed by atoms with Gasteiger partial charge in [0.25, 0.3) is 0 Å². The molecule has 17 nitrogen and oxygen atoms in total. The van der Waals surface area contributed by atoms with Gasteiger partial charge in [-0.3, -0.25) is 28.8 Å². The lowest BCUT2D eigenvalue weighted by Crippen LogP contribution is -2.60. The van der Waals surface area contributed by atoms with Crippen molar-refractivity contribution in [1.82, 2.24) is 36.5 Å². The Morgan fingerprint density at radius 2 is 1.31 bits per heavy atom. The van der Waals surface area contributed by atoms with Crippen molar-refractivity contribution >= 4 is 64.1 Å². The molecule has 0 saturated carbocycles. The van der Waals surface area contributed by atoms with E-state index < -0.39 is 89.8 Å². The predicted octanol–water partition coefficient (Wildman–Crippen LogP) is 2.01. The van der Waals surface area contributed by atoms with Gasteiger partial charge in [-0.1, -0.05) is 76.2 Å². The van der Waals surface area contributed by atoms with E-state index in [4.69, 9.17) is 5.73 Å². The summed E-state index contributed by atoms with van der Waals surface area (Å²) < 4.78 is 0. The molecule has 0 radical (unpaired) electrons. The Morgan fingerprint density at radius 1 is 0.750 bits per heavy atom. The van der Waals surface area contributed by atoms with E-state index in [0.29, 0.717) is 29.7 Å². The molecule has 0 bridgehead atoms. The average Bonchev–Trinajstić information content (AvgIpc) is 3.91. The van der Waals surface area contributed by atoms with Gasteiger partial charge in [0.2, 0.25) is 35.4 Å². The molecule has 8 atom stereocenters. The minimum Gasteiger partial charge on any atom is -0.480 e. The van der Waals surface area contributed by atoms with Gasteiger partial charge in [-0.15, -0.1) is 0 Å². The van der Waals surface area contributed by atoms with Crippen LogP contribution in [0.2, 0.25) is 0 Å². The monoisotopic (exact) mass is 906 g/mol. The van der Waals surface area contributed by atoms with Crippen LogP contribution in [0, 0.1) is 11.8 Å². The summed E-state index contributed by atoms with van der Waals surface area (Å²) in [6.45, 7) is 9.12. The lowest BCUT2D eigenvalue weighted by molar-refractivity contribution is -0.142. The van der Waals surface area contributed by atoms with Crippen LogP contribution >= 0.6 is 11.8 Å². The third kappa shape index (κ3) is 14.8. The maximum atomic E-state index is 14.2. The van der Waals surface area contributed by atoms with Crippen LogP contribution in [-0.2, 0) is 46.4 Å². The van der Waals surface area contributed by atoms with Crippen LogP contribution in [0.1, 0.15) is 77.8 Å². The number of nitrogens with two attached hydrogens (primary N) is 1. The highest BCUT2D eigenvalue weighted by Crippen LogP contribution is 2.22. The number of hydrogen-bond acceptors (Lipinski definition) is 10. The van der Waals surface area contributed by atoms with E-state index in [-0.39, 0.29) is 50.5 Å². The Labute approximate surface area is 379 Å². The highest BCUT2D eigenvalue weighted by molar-refractivity contribution is 7.98. The molecule has 3 aromatic rings. The average molecular weight is 907 g/mol. The van der Waals surface area contributed by atoms with Crippen LogP contribution < -0.4 is 32.3 Å². The molecule has 1 fully saturated rings. The van der Waals surface area contributed by atoms with Crippen LogP contribution in [0.5, 0.6) is 0 Å². The molecule has 1 aliphatic heterocycles. The molecular weight excluding hydrogens is 841 g/mol. The molecule has 6 amide bonds. The summed E-state index contributed by atoms with van der Waals surface area (Å²) in [5.74, 6) is -4.66. The molecule has 0 unspecified atom stereocenters. The van der Waals surface area contributed by atoms with E-state index in [1.165, 1.54) is 23.6 Å². The SMILES string of the molecule is CSCC[C@H](NC(=O)[C@@H](N)[C@@H](C)O)C(=O)N1CCC[C@H]1C(=O)N[C@@H](CC(C)C)C(=O)N[C@@H](CC(C)C)C(=O)N[C@@H](Cc1ccccc1)C(=O)N[C@@H](Cc1c[nH]c2ccccc12)C(=O)O. The molecule has 350 valence electrons. The van der Waals surface area contributed by atoms with Gasteiger partial charge in [-0.25, -0.2) is 4.79 Å². The van der Waals surface area contributed by atoms with Crippen LogP contribution in [0.3, 0.4) is 0 Å². The molecule has 2 heterocycles. The Morgan fingerprint density at radius 3 is 1.92 bits per heavy atom. The number of likely N-dealkylation sites (tertiary alicyclic amines) is 1. The number of nitrogens with zero attached hydrogens (tertiary/aromatic N) is 1. The zero-order valence-corrected chi connectivity index (χ0v) is 38.4. The number of carboxylic acids is 1. The number of nitrogens with one attached hydrogen (secondary N) is 6. The number of thioether (sulfide) groups is 1. The second-order valence-electron chi connectivity index (χ2n) is 17.4. The smallest absolute Gasteiger partial charge is 0.326 e. The van der Waals surface area contributed by atoms with Gasteiger partial charge < -0.3 is 52.4 Å². The molecule has 10 N–H and O–H groups in total. The molecule has 0 spiro atoms. The van der Waals surface area contributed by atoms with Gasteiger partial charge >= 0.3 is 5.97 Å². The van der Waals surface area contributed by atoms with Crippen molar-refractivity contribution in [3.63, 3.8) is 0 Å². The van der Waals surface area contributed by atoms with E-state index in [9.17, 15) is 43.8 Å². The fraction of sp³-hybridized carbons (Fsp3) is 0.543. The number of aliphatic hydroxyl groups is 1. The quantitative estimate of drug-likeness (QED) is 0.0628. The second-order valence-corrected chi connectivity index (χ2v) is 18.4. The van der Waals surface area contributed by atoms with Crippen molar-refractivity contribution in [3.05, 3.63) is 71.9 Å². The van der Waals surface area contributed by atoms with Crippen molar-refractivity contribution in [2.75, 3.05) is 18.6 Å². The minimum absolute atomic E-state index is 0.0211. The third-order valence-electron chi connectivity index (χ3n) is 11.2. The summed E-state index contributed by atoms with van der Waals surface area (Å²) in [6, 6.07) is 8.37. The van der Waals surface area contributed by atoms with E-state index in [1.807, 2.05) is 64.3 Å². The molecule has 1 aromatic heterocycles. The Balaban J connectivity index is 1.52. The number of aliphatic carboxylic acids is 1. The van der Waals surface area contributed by atoms with Crippen molar-refractivity contribution in [1.29, 1.82) is 0 Å². The summed E-state index contributed by atoms with van der Waals surface area (Å²) in [5, 5.41) is 34.6. The largest absolute Gasteiger partial charge is 0.480 e. The molecule has 1 saturated heterocycles. The number of carbonyl (C=O) groups is 7. The summed E-state index contributed by atoms with van der Waals surface area (Å²) in [5.41, 5.74) is 8.06. The maximum absolute atomic E-state index is 14.2. The number of carboxylic acid groups (broad SMARTS) is 1. The standard InChI is InChI=1S/C46H66N8O9S/c1-26(2)21-34(40(56)51-36(23-29-13-8-7-9-14-29)42(58)53-37(46(62)63)24-30-25-48-32-16-11-10-15-31(30)32)50-41(57)35(22-27(3)4)52-43(59)38-17-12-19-54(38)45(61)33(18-20-64-6)49-44(60)39(47)28(5)55/h7-11,13-16,25-28,33-39,48,55H,12,17-24,47H2,1-6H3,(H,49,60)(H,50,57)(H,51,56)(H,52,59)(H,53,58)(H,62,63)/t28-,33+,34+,35+,36+,37+,38+,39+/m1/s1. The van der Waals surface area contributed by atoms with Crippen molar-refractivity contribution in [2.24, 2.45) is 17.6 Å². The summed E-state index contributed by atoms with van der Waals surface area (Å²) in [7, 11) is 0. The normalized spacial score (nSPS) is 17.2. The van der Waals surface area contributed by atoms with Crippen LogP contribution in [0.25, 0.3) is 10.9 Å². The number of fused-ring (bicyclic) bond motifs is 1. The number of H-pyrrole nitrogens is 1. The van der Waals surface area contributed by atoms with Crippen LogP contribution in [0.4, 0.5) is 0 Å². The van der Waals surface area contributed by atoms with Gasteiger partial charge in [0.05, 0.1) is 6.10 Å². The first-order chi connectivity index (χ1) is 30.4. The molecule has 18 heteroatoms. The molecule has 0 aliphatic carbocycles. The minimum atomic E-state index is -1.33.